The summed E-state index contributed by atoms with van der Waals surface area (Å²) in [7, 11) is 0. The van der Waals surface area contributed by atoms with Crippen molar-refractivity contribution in [2.24, 2.45) is 0 Å². The molecule has 0 unspecified atom stereocenters. The van der Waals surface area contributed by atoms with E-state index in [1.807, 2.05) is 31.2 Å². The minimum absolute atomic E-state index is 0.268. The van der Waals surface area contributed by atoms with Crippen molar-refractivity contribution in [2.45, 2.75) is 39.0 Å². The lowest BCUT2D eigenvalue weighted by Gasteiger charge is -2.04. The summed E-state index contributed by atoms with van der Waals surface area (Å²) in [5, 5.41) is 0. The van der Waals surface area contributed by atoms with E-state index in [9.17, 15) is 4.79 Å². The molecule has 88 valence electrons. The number of halogens is 1. The number of ketones is 1. The highest BCUT2D eigenvalue weighted by molar-refractivity contribution is 6.17. The second-order valence-corrected chi connectivity index (χ2v) is 4.47. The van der Waals surface area contributed by atoms with Crippen LogP contribution >= 0.6 is 11.6 Å². The number of Topliss-reactive ketones (excluding diaryl/α,β-unsaturated/α-hetero) is 1. The molecule has 0 saturated carbocycles. The molecule has 2 heteroatoms. The Labute approximate surface area is 103 Å². The van der Waals surface area contributed by atoms with Crippen LogP contribution in [0.3, 0.4) is 0 Å². The molecule has 0 heterocycles. The predicted molar refractivity (Wildman–Crippen MR) is 69.3 cm³/mol. The topological polar surface area (TPSA) is 17.1 Å². The van der Waals surface area contributed by atoms with Crippen molar-refractivity contribution in [2.75, 3.05) is 5.88 Å². The Bertz CT molecular complexity index is 333. The van der Waals surface area contributed by atoms with Crippen LogP contribution in [0.15, 0.2) is 24.3 Å². The third-order valence-electron chi connectivity index (χ3n) is 2.73. The Kier molecular flexibility index (Phi) is 6.17. The number of benzene rings is 1. The molecule has 0 aromatic heterocycles. The molecule has 0 fully saturated rings. The largest absolute Gasteiger partial charge is 0.294 e. The molecule has 1 aromatic rings. The molecule has 0 atom stereocenters. The van der Waals surface area contributed by atoms with Crippen LogP contribution < -0.4 is 0 Å². The van der Waals surface area contributed by atoms with Gasteiger partial charge in [-0.2, -0.15) is 0 Å². The number of rotatable bonds is 7. The van der Waals surface area contributed by atoms with E-state index in [4.69, 9.17) is 11.6 Å². The first-order valence-electron chi connectivity index (χ1n) is 5.90. The molecular formula is C14H19ClO. The van der Waals surface area contributed by atoms with Crippen molar-refractivity contribution in [3.63, 3.8) is 0 Å². The maximum Gasteiger partial charge on any atom is 0.163 e. The van der Waals surface area contributed by atoms with Crippen LogP contribution in [0.25, 0.3) is 0 Å². The highest BCUT2D eigenvalue weighted by atomic mass is 35.5. The standard InChI is InChI=1S/C14H19ClO/c1-12-8-5-6-9-13(12)14(16)10-4-2-3-7-11-15/h5-6,8-9H,2-4,7,10-11H2,1H3. The van der Waals surface area contributed by atoms with Gasteiger partial charge in [-0.3, -0.25) is 4.79 Å². The molecule has 0 N–H and O–H groups in total. The van der Waals surface area contributed by atoms with Crippen LogP contribution in [-0.2, 0) is 0 Å². The van der Waals surface area contributed by atoms with Gasteiger partial charge in [0.15, 0.2) is 5.78 Å². The average Bonchev–Trinajstić information content (AvgIpc) is 2.29. The molecule has 0 radical (unpaired) electrons. The summed E-state index contributed by atoms with van der Waals surface area (Å²) in [4.78, 5) is 11.9. The van der Waals surface area contributed by atoms with Gasteiger partial charge in [0.05, 0.1) is 0 Å². The molecule has 1 aromatic carbocycles. The quantitative estimate of drug-likeness (QED) is 0.392. The molecule has 0 amide bonds. The van der Waals surface area contributed by atoms with Crippen molar-refractivity contribution in [1.82, 2.24) is 0 Å². The van der Waals surface area contributed by atoms with Crippen molar-refractivity contribution in [3.8, 4) is 0 Å². The van der Waals surface area contributed by atoms with Crippen LogP contribution in [0.2, 0.25) is 0 Å². The number of carbonyl (C=O) groups excluding carboxylic acids is 1. The molecule has 1 nitrogen and oxygen atoms in total. The van der Waals surface area contributed by atoms with Gasteiger partial charge < -0.3 is 0 Å². The van der Waals surface area contributed by atoms with Crippen LogP contribution in [0.4, 0.5) is 0 Å². The third-order valence-corrected chi connectivity index (χ3v) is 3.00. The van der Waals surface area contributed by atoms with Crippen LogP contribution in [0.5, 0.6) is 0 Å². The zero-order chi connectivity index (χ0) is 11.8. The SMILES string of the molecule is Cc1ccccc1C(=O)CCCCCCCl. The summed E-state index contributed by atoms with van der Waals surface area (Å²) in [6.07, 6.45) is 4.92. The van der Waals surface area contributed by atoms with Gasteiger partial charge in [-0.15, -0.1) is 11.6 Å². The molecule has 0 aliphatic rings. The van der Waals surface area contributed by atoms with Gasteiger partial charge in [0.2, 0.25) is 0 Å². The summed E-state index contributed by atoms with van der Waals surface area (Å²) in [6.45, 7) is 1.99. The number of alkyl halides is 1. The van der Waals surface area contributed by atoms with E-state index in [1.54, 1.807) is 0 Å². The molecule has 0 aliphatic heterocycles. The lowest BCUT2D eigenvalue weighted by Crippen LogP contribution is -2.01. The van der Waals surface area contributed by atoms with E-state index in [2.05, 4.69) is 0 Å². The molecular weight excluding hydrogens is 220 g/mol. The van der Waals surface area contributed by atoms with Crippen LogP contribution in [-0.4, -0.2) is 11.7 Å². The lowest BCUT2D eigenvalue weighted by molar-refractivity contribution is 0.0978. The van der Waals surface area contributed by atoms with Crippen LogP contribution in [0, 0.1) is 6.92 Å². The fourth-order valence-corrected chi connectivity index (χ4v) is 1.94. The van der Waals surface area contributed by atoms with E-state index < -0.39 is 0 Å². The molecule has 16 heavy (non-hydrogen) atoms. The zero-order valence-corrected chi connectivity index (χ0v) is 10.6. The molecule has 0 bridgehead atoms. The Morgan fingerprint density at radius 1 is 1.12 bits per heavy atom. The maximum atomic E-state index is 11.9. The minimum atomic E-state index is 0.268. The zero-order valence-electron chi connectivity index (χ0n) is 9.84. The van der Waals surface area contributed by atoms with Gasteiger partial charge in [0, 0.05) is 17.9 Å². The number of carbonyl (C=O) groups is 1. The Morgan fingerprint density at radius 3 is 2.50 bits per heavy atom. The third kappa shape index (κ3) is 4.36. The Morgan fingerprint density at radius 2 is 1.81 bits per heavy atom. The monoisotopic (exact) mass is 238 g/mol. The highest BCUT2D eigenvalue weighted by Crippen LogP contribution is 2.13. The normalized spacial score (nSPS) is 10.4. The van der Waals surface area contributed by atoms with Crippen molar-refractivity contribution in [1.29, 1.82) is 0 Å². The minimum Gasteiger partial charge on any atom is -0.294 e. The van der Waals surface area contributed by atoms with Gasteiger partial charge in [0.25, 0.3) is 0 Å². The lowest BCUT2D eigenvalue weighted by atomic mass is 10.0. The van der Waals surface area contributed by atoms with Gasteiger partial charge in [-0.1, -0.05) is 37.1 Å². The highest BCUT2D eigenvalue weighted by Gasteiger charge is 2.07. The van der Waals surface area contributed by atoms with Gasteiger partial charge in [-0.25, -0.2) is 0 Å². The summed E-state index contributed by atoms with van der Waals surface area (Å²) in [5.74, 6) is 0.995. The molecule has 1 rings (SSSR count). The molecule has 0 saturated heterocycles. The van der Waals surface area contributed by atoms with Crippen molar-refractivity contribution in [3.05, 3.63) is 35.4 Å². The smallest absolute Gasteiger partial charge is 0.163 e. The van der Waals surface area contributed by atoms with E-state index >= 15 is 0 Å². The number of hydrogen-bond donors (Lipinski definition) is 0. The van der Waals surface area contributed by atoms with E-state index in [0.717, 1.165) is 42.7 Å². The van der Waals surface area contributed by atoms with Crippen molar-refractivity contribution >= 4 is 17.4 Å². The Hall–Kier alpha value is -0.820. The average molecular weight is 239 g/mol. The summed E-state index contributed by atoms with van der Waals surface area (Å²) in [6, 6.07) is 7.79. The van der Waals surface area contributed by atoms with Gasteiger partial charge in [0.1, 0.15) is 0 Å². The van der Waals surface area contributed by atoms with E-state index in [0.29, 0.717) is 6.42 Å². The molecule has 0 spiro atoms. The maximum absolute atomic E-state index is 11.9. The number of unbranched alkanes of at least 4 members (excludes halogenated alkanes) is 3. The van der Waals surface area contributed by atoms with Crippen molar-refractivity contribution < 1.29 is 4.79 Å². The van der Waals surface area contributed by atoms with Gasteiger partial charge in [-0.05, 0) is 25.3 Å². The first-order chi connectivity index (χ1) is 7.75. The summed E-state index contributed by atoms with van der Waals surface area (Å²) in [5.41, 5.74) is 1.95. The second-order valence-electron chi connectivity index (χ2n) is 4.09. The fourth-order valence-electron chi connectivity index (χ4n) is 1.75. The predicted octanol–water partition coefficient (Wildman–Crippen LogP) is 4.37. The Balaban J connectivity index is 2.33. The number of hydrogen-bond acceptors (Lipinski definition) is 1. The summed E-state index contributed by atoms with van der Waals surface area (Å²) < 4.78 is 0. The summed E-state index contributed by atoms with van der Waals surface area (Å²) >= 11 is 5.59. The van der Waals surface area contributed by atoms with Crippen LogP contribution in [0.1, 0.15) is 48.0 Å². The van der Waals surface area contributed by atoms with Gasteiger partial charge >= 0.3 is 0 Å². The fraction of sp³-hybridized carbons (Fsp3) is 0.500. The molecule has 0 aliphatic carbocycles. The second kappa shape index (κ2) is 7.45. The first kappa shape index (κ1) is 13.2. The van der Waals surface area contributed by atoms with E-state index in [1.165, 1.54) is 0 Å². The van der Waals surface area contributed by atoms with E-state index in [-0.39, 0.29) is 5.78 Å². The number of aryl methyl sites for hydroxylation is 1. The first-order valence-corrected chi connectivity index (χ1v) is 6.44.